The summed E-state index contributed by atoms with van der Waals surface area (Å²) in [7, 11) is 3.92. The highest BCUT2D eigenvalue weighted by atomic mass is 16.5. The SMILES string of the molecule is CCNCCN(C)C(C)CCOC. The van der Waals surface area contributed by atoms with Crippen LogP contribution in [0.2, 0.25) is 0 Å². The van der Waals surface area contributed by atoms with E-state index in [1.807, 2.05) is 0 Å². The summed E-state index contributed by atoms with van der Waals surface area (Å²) in [5.41, 5.74) is 0. The van der Waals surface area contributed by atoms with Crippen LogP contribution in [0.25, 0.3) is 0 Å². The van der Waals surface area contributed by atoms with Crippen molar-refractivity contribution >= 4 is 0 Å². The molecule has 0 aromatic carbocycles. The van der Waals surface area contributed by atoms with E-state index >= 15 is 0 Å². The minimum Gasteiger partial charge on any atom is -0.385 e. The topological polar surface area (TPSA) is 24.5 Å². The maximum Gasteiger partial charge on any atom is 0.0477 e. The summed E-state index contributed by atoms with van der Waals surface area (Å²) in [6.45, 7) is 8.47. The molecule has 0 fully saturated rings. The van der Waals surface area contributed by atoms with Gasteiger partial charge in [0, 0.05) is 32.8 Å². The van der Waals surface area contributed by atoms with Crippen LogP contribution >= 0.6 is 0 Å². The molecular formula is C10H24N2O. The van der Waals surface area contributed by atoms with Crippen molar-refractivity contribution in [3.63, 3.8) is 0 Å². The molecule has 1 N–H and O–H groups in total. The zero-order chi connectivity index (χ0) is 10.1. The Morgan fingerprint density at radius 1 is 1.46 bits per heavy atom. The van der Waals surface area contributed by atoms with E-state index < -0.39 is 0 Å². The van der Waals surface area contributed by atoms with Gasteiger partial charge in [-0.3, -0.25) is 0 Å². The van der Waals surface area contributed by atoms with E-state index in [4.69, 9.17) is 4.74 Å². The van der Waals surface area contributed by atoms with Gasteiger partial charge in [-0.15, -0.1) is 0 Å². The molecule has 1 unspecified atom stereocenters. The van der Waals surface area contributed by atoms with Gasteiger partial charge in [-0.2, -0.15) is 0 Å². The Balaban J connectivity index is 3.38. The van der Waals surface area contributed by atoms with Crippen molar-refractivity contribution in [2.75, 3.05) is 40.4 Å². The number of nitrogens with one attached hydrogen (secondary N) is 1. The van der Waals surface area contributed by atoms with Gasteiger partial charge >= 0.3 is 0 Å². The molecule has 0 aliphatic heterocycles. The van der Waals surface area contributed by atoms with Gasteiger partial charge in [-0.1, -0.05) is 6.92 Å². The van der Waals surface area contributed by atoms with Crippen molar-refractivity contribution in [2.45, 2.75) is 26.3 Å². The van der Waals surface area contributed by atoms with Crippen LogP contribution in [-0.2, 0) is 4.74 Å². The van der Waals surface area contributed by atoms with Crippen LogP contribution in [0.4, 0.5) is 0 Å². The van der Waals surface area contributed by atoms with Gasteiger partial charge in [0.05, 0.1) is 0 Å². The van der Waals surface area contributed by atoms with Crippen molar-refractivity contribution in [3.8, 4) is 0 Å². The lowest BCUT2D eigenvalue weighted by Gasteiger charge is -2.24. The zero-order valence-corrected chi connectivity index (χ0v) is 9.47. The minimum atomic E-state index is 0.610. The second kappa shape index (κ2) is 8.48. The number of ether oxygens (including phenoxy) is 1. The number of hydrogen-bond donors (Lipinski definition) is 1. The molecule has 0 radical (unpaired) electrons. The van der Waals surface area contributed by atoms with E-state index in [9.17, 15) is 0 Å². The van der Waals surface area contributed by atoms with Gasteiger partial charge in [0.1, 0.15) is 0 Å². The van der Waals surface area contributed by atoms with Crippen LogP contribution < -0.4 is 5.32 Å². The molecule has 0 aromatic rings. The summed E-state index contributed by atoms with van der Waals surface area (Å²) < 4.78 is 5.05. The fourth-order valence-corrected chi connectivity index (χ4v) is 1.16. The normalized spacial score (nSPS) is 13.6. The second-order valence-corrected chi connectivity index (χ2v) is 3.46. The number of hydrogen-bond acceptors (Lipinski definition) is 3. The molecule has 13 heavy (non-hydrogen) atoms. The summed E-state index contributed by atoms with van der Waals surface area (Å²) in [6, 6.07) is 0.610. The Kier molecular flexibility index (Phi) is 8.40. The molecule has 0 saturated heterocycles. The maximum atomic E-state index is 5.05. The third-order valence-corrected chi connectivity index (χ3v) is 2.38. The molecule has 0 aliphatic carbocycles. The largest absolute Gasteiger partial charge is 0.385 e. The average Bonchev–Trinajstić information content (AvgIpc) is 2.14. The highest BCUT2D eigenvalue weighted by Gasteiger charge is 2.07. The lowest BCUT2D eigenvalue weighted by molar-refractivity contribution is 0.153. The van der Waals surface area contributed by atoms with Gasteiger partial charge < -0.3 is 15.0 Å². The van der Waals surface area contributed by atoms with Crippen molar-refractivity contribution in [3.05, 3.63) is 0 Å². The van der Waals surface area contributed by atoms with Crippen LogP contribution in [0.3, 0.4) is 0 Å². The Bertz CT molecular complexity index is 109. The standard InChI is InChI=1S/C10H24N2O/c1-5-11-7-8-12(3)10(2)6-9-13-4/h10-11H,5-9H2,1-4H3. The first-order valence-electron chi connectivity index (χ1n) is 5.12. The van der Waals surface area contributed by atoms with Crippen molar-refractivity contribution in [1.82, 2.24) is 10.2 Å². The Hall–Kier alpha value is -0.120. The number of rotatable bonds is 8. The van der Waals surface area contributed by atoms with E-state index in [0.29, 0.717) is 6.04 Å². The Morgan fingerprint density at radius 3 is 2.69 bits per heavy atom. The summed E-state index contributed by atoms with van der Waals surface area (Å²) >= 11 is 0. The molecule has 0 aromatic heterocycles. The van der Waals surface area contributed by atoms with Gasteiger partial charge in [0.25, 0.3) is 0 Å². The molecule has 0 amide bonds. The van der Waals surface area contributed by atoms with Gasteiger partial charge in [0.15, 0.2) is 0 Å². The van der Waals surface area contributed by atoms with Crippen LogP contribution in [0.1, 0.15) is 20.3 Å². The van der Waals surface area contributed by atoms with Gasteiger partial charge in [-0.25, -0.2) is 0 Å². The predicted octanol–water partition coefficient (Wildman–Crippen LogP) is 0.953. The average molecular weight is 188 g/mol. The highest BCUT2D eigenvalue weighted by molar-refractivity contribution is 4.63. The highest BCUT2D eigenvalue weighted by Crippen LogP contribution is 1.99. The first-order chi connectivity index (χ1) is 6.22. The molecular weight excluding hydrogens is 164 g/mol. The molecule has 0 aliphatic rings. The maximum absolute atomic E-state index is 5.05. The fourth-order valence-electron chi connectivity index (χ4n) is 1.16. The van der Waals surface area contributed by atoms with Crippen LogP contribution in [0, 0.1) is 0 Å². The minimum absolute atomic E-state index is 0.610. The van der Waals surface area contributed by atoms with E-state index in [-0.39, 0.29) is 0 Å². The third kappa shape index (κ3) is 6.99. The van der Waals surface area contributed by atoms with Gasteiger partial charge in [-0.05, 0) is 26.9 Å². The third-order valence-electron chi connectivity index (χ3n) is 2.38. The summed E-state index contributed by atoms with van der Waals surface area (Å²) in [4.78, 5) is 2.36. The first-order valence-corrected chi connectivity index (χ1v) is 5.12. The van der Waals surface area contributed by atoms with E-state index in [0.717, 1.165) is 32.7 Å². The number of nitrogens with zero attached hydrogens (tertiary/aromatic N) is 1. The predicted molar refractivity (Wildman–Crippen MR) is 57.1 cm³/mol. The number of likely N-dealkylation sites (N-methyl/N-ethyl adjacent to an activating group) is 2. The molecule has 0 rings (SSSR count). The zero-order valence-electron chi connectivity index (χ0n) is 9.47. The van der Waals surface area contributed by atoms with E-state index in [1.165, 1.54) is 0 Å². The quantitative estimate of drug-likeness (QED) is 0.574. The van der Waals surface area contributed by atoms with E-state index in [1.54, 1.807) is 7.11 Å². The molecule has 80 valence electrons. The fraction of sp³-hybridized carbons (Fsp3) is 1.00. The Morgan fingerprint density at radius 2 is 2.15 bits per heavy atom. The first kappa shape index (κ1) is 12.9. The second-order valence-electron chi connectivity index (χ2n) is 3.46. The van der Waals surface area contributed by atoms with E-state index in [2.05, 4.69) is 31.1 Å². The monoisotopic (exact) mass is 188 g/mol. The van der Waals surface area contributed by atoms with Crippen LogP contribution in [0.5, 0.6) is 0 Å². The molecule has 0 saturated carbocycles. The van der Waals surface area contributed by atoms with Crippen LogP contribution in [0.15, 0.2) is 0 Å². The lowest BCUT2D eigenvalue weighted by atomic mass is 10.2. The summed E-state index contributed by atoms with van der Waals surface area (Å²) in [5, 5.41) is 3.32. The Labute approximate surface area is 82.4 Å². The molecule has 3 heteroatoms. The van der Waals surface area contributed by atoms with Crippen molar-refractivity contribution in [1.29, 1.82) is 0 Å². The summed E-state index contributed by atoms with van der Waals surface area (Å²) in [6.07, 6.45) is 1.11. The molecule has 0 bridgehead atoms. The molecule has 0 spiro atoms. The van der Waals surface area contributed by atoms with Crippen molar-refractivity contribution < 1.29 is 4.74 Å². The molecule has 1 atom stereocenters. The summed E-state index contributed by atoms with van der Waals surface area (Å²) in [5.74, 6) is 0. The van der Waals surface area contributed by atoms with Crippen molar-refractivity contribution in [2.24, 2.45) is 0 Å². The smallest absolute Gasteiger partial charge is 0.0477 e. The molecule has 0 heterocycles. The molecule has 3 nitrogen and oxygen atoms in total. The lowest BCUT2D eigenvalue weighted by Crippen LogP contribution is -2.35. The van der Waals surface area contributed by atoms with Gasteiger partial charge in [0.2, 0.25) is 0 Å². The van der Waals surface area contributed by atoms with Crippen LogP contribution in [-0.4, -0.2) is 51.3 Å². The number of methoxy groups -OCH3 is 1.